The lowest BCUT2D eigenvalue weighted by molar-refractivity contribution is 0.262. The Morgan fingerprint density at radius 2 is 1.87 bits per heavy atom. The summed E-state index contributed by atoms with van der Waals surface area (Å²) in [6.45, 7) is 0.525. The van der Waals surface area contributed by atoms with E-state index in [9.17, 15) is 4.79 Å². The number of carbonyl (C=O) groups is 1. The number of aromatic nitrogens is 2. The zero-order valence-electron chi connectivity index (χ0n) is 16.7. The maximum atomic E-state index is 12.4. The fourth-order valence-electron chi connectivity index (χ4n) is 3.05. The van der Waals surface area contributed by atoms with Crippen LogP contribution in [0.5, 0.6) is 5.75 Å². The predicted molar refractivity (Wildman–Crippen MR) is 124 cm³/mol. The molecule has 0 fully saturated rings. The summed E-state index contributed by atoms with van der Waals surface area (Å²) in [6.07, 6.45) is 1.67. The zero-order valence-corrected chi connectivity index (χ0v) is 17.5. The van der Waals surface area contributed by atoms with Crippen molar-refractivity contribution in [3.63, 3.8) is 0 Å². The number of halogens is 1. The van der Waals surface area contributed by atoms with Gasteiger partial charge in [-0.2, -0.15) is 0 Å². The van der Waals surface area contributed by atoms with Gasteiger partial charge in [0.05, 0.1) is 30.0 Å². The van der Waals surface area contributed by atoms with Crippen LogP contribution in [0.1, 0.15) is 5.56 Å². The molecule has 0 aliphatic heterocycles. The number of urea groups is 1. The van der Waals surface area contributed by atoms with Crippen LogP contribution in [0.15, 0.2) is 72.9 Å². The van der Waals surface area contributed by atoms with Gasteiger partial charge in [0, 0.05) is 17.3 Å². The van der Waals surface area contributed by atoms with Gasteiger partial charge in [-0.05, 0) is 48.0 Å². The molecule has 0 radical (unpaired) electrons. The Hall–Kier alpha value is -3.84. The number of anilines is 3. The van der Waals surface area contributed by atoms with Crippen molar-refractivity contribution in [3.05, 3.63) is 83.5 Å². The molecule has 7 nitrogen and oxygen atoms in total. The highest BCUT2D eigenvalue weighted by Crippen LogP contribution is 2.23. The molecule has 0 aliphatic carbocycles. The van der Waals surface area contributed by atoms with Gasteiger partial charge in [0.25, 0.3) is 0 Å². The van der Waals surface area contributed by atoms with Gasteiger partial charge in [0.15, 0.2) is 0 Å². The van der Waals surface area contributed by atoms with Gasteiger partial charge in [-0.25, -0.2) is 9.78 Å². The number of amides is 2. The highest BCUT2D eigenvalue weighted by molar-refractivity contribution is 6.31. The second kappa shape index (κ2) is 9.32. The molecule has 0 atom stereocenters. The van der Waals surface area contributed by atoms with Crippen molar-refractivity contribution in [2.75, 3.05) is 23.1 Å². The maximum Gasteiger partial charge on any atom is 0.323 e. The summed E-state index contributed by atoms with van der Waals surface area (Å²) in [7, 11) is 1.56. The van der Waals surface area contributed by atoms with Crippen LogP contribution in [-0.2, 0) is 6.54 Å². The Morgan fingerprint density at radius 1 is 1.00 bits per heavy atom. The van der Waals surface area contributed by atoms with Gasteiger partial charge in [0.2, 0.25) is 0 Å². The first-order valence-corrected chi connectivity index (χ1v) is 9.94. The van der Waals surface area contributed by atoms with Gasteiger partial charge in [-0.15, -0.1) is 0 Å². The molecule has 4 aromatic rings. The number of methoxy groups -OCH3 is 1. The quantitative estimate of drug-likeness (QED) is 0.371. The van der Waals surface area contributed by atoms with Gasteiger partial charge < -0.3 is 20.7 Å². The molecule has 1 aromatic heterocycles. The number of para-hydroxylation sites is 2. The largest absolute Gasteiger partial charge is 0.495 e. The van der Waals surface area contributed by atoms with Crippen molar-refractivity contribution in [3.8, 4) is 5.75 Å². The average Bonchev–Trinajstić information content (AvgIpc) is 2.78. The lowest BCUT2D eigenvalue weighted by atomic mass is 10.2. The molecular formula is C23H20ClN5O2. The Labute approximate surface area is 184 Å². The molecule has 156 valence electrons. The molecule has 0 saturated heterocycles. The standard InChI is InChI=1S/C23H20ClN5O2/c1-31-21-8-3-2-7-19(21)29-23(30)27-17-6-4-5-15(11-17)13-26-22-14-25-20-12-16(24)9-10-18(20)28-22/h2-12,14H,13H2,1H3,(H,26,28)(H2,27,29,30). The monoisotopic (exact) mass is 433 g/mol. The van der Waals surface area contributed by atoms with Gasteiger partial charge >= 0.3 is 6.03 Å². The summed E-state index contributed by atoms with van der Waals surface area (Å²) < 4.78 is 5.25. The fraction of sp³-hybridized carbons (Fsp3) is 0.0870. The Bertz CT molecular complexity index is 1230. The number of rotatable bonds is 6. The minimum Gasteiger partial charge on any atom is -0.495 e. The topological polar surface area (TPSA) is 88.2 Å². The first kappa shape index (κ1) is 20.4. The minimum absolute atomic E-state index is 0.353. The van der Waals surface area contributed by atoms with E-state index in [1.54, 1.807) is 37.6 Å². The smallest absolute Gasteiger partial charge is 0.323 e. The van der Waals surface area contributed by atoms with E-state index in [1.165, 1.54) is 0 Å². The maximum absolute atomic E-state index is 12.4. The van der Waals surface area contributed by atoms with E-state index in [4.69, 9.17) is 16.3 Å². The number of benzene rings is 3. The van der Waals surface area contributed by atoms with Crippen molar-refractivity contribution in [1.82, 2.24) is 9.97 Å². The first-order chi connectivity index (χ1) is 15.1. The summed E-state index contributed by atoms with van der Waals surface area (Å²) in [4.78, 5) is 21.3. The lowest BCUT2D eigenvalue weighted by Crippen LogP contribution is -2.19. The molecule has 0 bridgehead atoms. The zero-order chi connectivity index (χ0) is 21.6. The van der Waals surface area contributed by atoms with Crippen molar-refractivity contribution in [2.24, 2.45) is 0 Å². The van der Waals surface area contributed by atoms with E-state index in [0.717, 1.165) is 16.6 Å². The second-order valence-electron chi connectivity index (χ2n) is 6.72. The fourth-order valence-corrected chi connectivity index (χ4v) is 3.22. The third-order valence-electron chi connectivity index (χ3n) is 4.52. The third kappa shape index (κ3) is 5.21. The normalized spacial score (nSPS) is 10.5. The predicted octanol–water partition coefficient (Wildman–Crippen LogP) is 5.55. The van der Waals surface area contributed by atoms with Crippen LogP contribution in [0.3, 0.4) is 0 Å². The third-order valence-corrected chi connectivity index (χ3v) is 4.75. The van der Waals surface area contributed by atoms with Crippen LogP contribution in [0.25, 0.3) is 11.0 Å². The summed E-state index contributed by atoms with van der Waals surface area (Å²) in [5, 5.41) is 9.50. The van der Waals surface area contributed by atoms with Crippen molar-refractivity contribution in [1.29, 1.82) is 0 Å². The molecule has 3 aromatic carbocycles. The van der Waals surface area contributed by atoms with Crippen LogP contribution < -0.4 is 20.7 Å². The van der Waals surface area contributed by atoms with Crippen LogP contribution in [-0.4, -0.2) is 23.1 Å². The summed E-state index contributed by atoms with van der Waals surface area (Å²) in [6, 6.07) is 19.8. The number of ether oxygens (including phenoxy) is 1. The van der Waals surface area contributed by atoms with Gasteiger partial charge in [-0.3, -0.25) is 4.98 Å². The van der Waals surface area contributed by atoms with Crippen LogP contribution in [0.2, 0.25) is 5.02 Å². The summed E-state index contributed by atoms with van der Waals surface area (Å²) in [5.41, 5.74) is 3.75. The number of hydrogen-bond donors (Lipinski definition) is 3. The van der Waals surface area contributed by atoms with E-state index in [1.807, 2.05) is 42.5 Å². The van der Waals surface area contributed by atoms with E-state index in [0.29, 0.717) is 34.5 Å². The molecule has 31 heavy (non-hydrogen) atoms. The highest BCUT2D eigenvalue weighted by atomic mass is 35.5. The highest BCUT2D eigenvalue weighted by Gasteiger charge is 2.07. The molecule has 0 spiro atoms. The lowest BCUT2D eigenvalue weighted by Gasteiger charge is -2.12. The number of nitrogens with one attached hydrogen (secondary N) is 3. The summed E-state index contributed by atoms with van der Waals surface area (Å²) in [5.74, 6) is 1.25. The molecule has 0 saturated carbocycles. The second-order valence-corrected chi connectivity index (χ2v) is 7.16. The van der Waals surface area contributed by atoms with Gasteiger partial charge in [-0.1, -0.05) is 35.9 Å². The number of carbonyl (C=O) groups excluding carboxylic acids is 1. The molecule has 0 unspecified atom stereocenters. The summed E-state index contributed by atoms with van der Waals surface area (Å²) >= 11 is 5.99. The van der Waals surface area contributed by atoms with Gasteiger partial charge in [0.1, 0.15) is 11.6 Å². The van der Waals surface area contributed by atoms with E-state index in [2.05, 4.69) is 25.9 Å². The number of fused-ring (bicyclic) bond motifs is 1. The Morgan fingerprint density at radius 3 is 2.74 bits per heavy atom. The van der Waals surface area contributed by atoms with E-state index >= 15 is 0 Å². The number of nitrogens with zero attached hydrogens (tertiary/aromatic N) is 2. The van der Waals surface area contributed by atoms with Crippen molar-refractivity contribution < 1.29 is 9.53 Å². The van der Waals surface area contributed by atoms with Crippen LogP contribution >= 0.6 is 11.6 Å². The Balaban J connectivity index is 1.39. The molecular weight excluding hydrogens is 414 g/mol. The average molecular weight is 434 g/mol. The molecule has 3 N–H and O–H groups in total. The van der Waals surface area contributed by atoms with Crippen molar-refractivity contribution in [2.45, 2.75) is 6.54 Å². The molecule has 1 heterocycles. The van der Waals surface area contributed by atoms with Crippen molar-refractivity contribution >= 4 is 45.9 Å². The molecule has 8 heteroatoms. The van der Waals surface area contributed by atoms with E-state index < -0.39 is 0 Å². The number of hydrogen-bond acceptors (Lipinski definition) is 5. The SMILES string of the molecule is COc1ccccc1NC(=O)Nc1cccc(CNc2cnc3cc(Cl)ccc3n2)c1. The first-order valence-electron chi connectivity index (χ1n) is 9.57. The van der Waals surface area contributed by atoms with E-state index in [-0.39, 0.29) is 6.03 Å². The Kier molecular flexibility index (Phi) is 6.14. The molecule has 4 rings (SSSR count). The minimum atomic E-state index is -0.353. The molecule has 2 amide bonds. The van der Waals surface area contributed by atoms with Crippen LogP contribution in [0.4, 0.5) is 22.0 Å². The van der Waals surface area contributed by atoms with Crippen LogP contribution in [0, 0.1) is 0 Å². The molecule has 0 aliphatic rings.